The molecule has 1 aliphatic heterocycles. The molecule has 0 spiro atoms. The third kappa shape index (κ3) is 1.48. The van der Waals surface area contributed by atoms with Gasteiger partial charge in [0.05, 0.1) is 18.4 Å². The number of amides is 1. The van der Waals surface area contributed by atoms with E-state index in [0.29, 0.717) is 5.57 Å². The van der Waals surface area contributed by atoms with Crippen LogP contribution in [0.4, 0.5) is 5.69 Å². The summed E-state index contributed by atoms with van der Waals surface area (Å²) in [5, 5.41) is 0. The van der Waals surface area contributed by atoms with Gasteiger partial charge in [0, 0.05) is 18.7 Å². The van der Waals surface area contributed by atoms with Gasteiger partial charge in [-0.15, -0.1) is 0 Å². The zero-order valence-electron chi connectivity index (χ0n) is 9.06. The summed E-state index contributed by atoms with van der Waals surface area (Å²) >= 11 is 0. The van der Waals surface area contributed by atoms with Crippen LogP contribution < -0.4 is 4.90 Å². The van der Waals surface area contributed by atoms with Crippen LogP contribution in [0.2, 0.25) is 0 Å². The molecule has 0 aliphatic carbocycles. The number of hydrogen-bond donors (Lipinski definition) is 0. The number of rotatable bonds is 1. The first kappa shape index (κ1) is 10.4. The van der Waals surface area contributed by atoms with Gasteiger partial charge >= 0.3 is 5.97 Å². The number of carbonyl (C=O) groups excluding carboxylic acids is 2. The van der Waals surface area contributed by atoms with Crippen molar-refractivity contribution in [2.24, 2.45) is 0 Å². The number of hydrogen-bond acceptors (Lipinski definition) is 3. The molecule has 1 heterocycles. The molecule has 1 aromatic carbocycles. The smallest absolute Gasteiger partial charge is 0.331 e. The summed E-state index contributed by atoms with van der Waals surface area (Å²) in [6.45, 7) is 0. The van der Waals surface area contributed by atoms with Gasteiger partial charge in [0.2, 0.25) is 0 Å². The predicted octanol–water partition coefficient (Wildman–Crippen LogP) is 1.22. The second-order valence-corrected chi connectivity index (χ2v) is 3.46. The van der Waals surface area contributed by atoms with Crippen LogP contribution in [-0.4, -0.2) is 26.0 Å². The van der Waals surface area contributed by atoms with Crippen LogP contribution in [0, 0.1) is 0 Å². The Hall–Kier alpha value is -2.10. The monoisotopic (exact) mass is 217 g/mol. The lowest BCUT2D eigenvalue weighted by atomic mass is 10.1. The van der Waals surface area contributed by atoms with Crippen molar-refractivity contribution in [3.05, 3.63) is 35.9 Å². The third-order valence-corrected chi connectivity index (χ3v) is 2.55. The number of ether oxygens (including phenoxy) is 1. The lowest BCUT2D eigenvalue weighted by Gasteiger charge is -2.07. The minimum absolute atomic E-state index is 0.188. The summed E-state index contributed by atoms with van der Waals surface area (Å²) < 4.78 is 4.52. The molecule has 2 rings (SSSR count). The van der Waals surface area contributed by atoms with E-state index in [9.17, 15) is 9.59 Å². The van der Waals surface area contributed by atoms with Gasteiger partial charge in [0.25, 0.3) is 5.91 Å². The number of para-hydroxylation sites is 1. The van der Waals surface area contributed by atoms with Crippen LogP contribution in [0.15, 0.2) is 30.3 Å². The number of fused-ring (bicyclic) bond motifs is 1. The highest BCUT2D eigenvalue weighted by molar-refractivity contribution is 6.34. The number of esters is 1. The first-order chi connectivity index (χ1) is 7.65. The average Bonchev–Trinajstić information content (AvgIpc) is 2.55. The predicted molar refractivity (Wildman–Crippen MR) is 59.8 cm³/mol. The molecule has 0 atom stereocenters. The molecule has 4 nitrogen and oxygen atoms in total. The maximum atomic E-state index is 11.9. The summed E-state index contributed by atoms with van der Waals surface area (Å²) in [4.78, 5) is 24.5. The normalized spacial score (nSPS) is 16.5. The van der Waals surface area contributed by atoms with Gasteiger partial charge in [0.1, 0.15) is 0 Å². The van der Waals surface area contributed by atoms with Gasteiger partial charge in [-0.3, -0.25) is 4.79 Å². The Labute approximate surface area is 93.1 Å². The third-order valence-electron chi connectivity index (χ3n) is 2.55. The highest BCUT2D eigenvalue weighted by Gasteiger charge is 2.29. The maximum Gasteiger partial charge on any atom is 0.331 e. The Morgan fingerprint density at radius 3 is 2.75 bits per heavy atom. The Bertz CT molecular complexity index is 491. The van der Waals surface area contributed by atoms with E-state index in [-0.39, 0.29) is 5.91 Å². The zero-order valence-corrected chi connectivity index (χ0v) is 9.06. The van der Waals surface area contributed by atoms with Gasteiger partial charge in [-0.05, 0) is 6.07 Å². The summed E-state index contributed by atoms with van der Waals surface area (Å²) in [6, 6.07) is 7.33. The van der Waals surface area contributed by atoms with E-state index in [1.54, 1.807) is 7.05 Å². The Balaban J connectivity index is 2.53. The van der Waals surface area contributed by atoms with Crippen LogP contribution in [-0.2, 0) is 14.3 Å². The van der Waals surface area contributed by atoms with Crippen LogP contribution >= 0.6 is 0 Å². The van der Waals surface area contributed by atoms with Crippen molar-refractivity contribution < 1.29 is 14.3 Å². The van der Waals surface area contributed by atoms with Crippen molar-refractivity contribution >= 4 is 23.1 Å². The lowest BCUT2D eigenvalue weighted by Crippen LogP contribution is -2.20. The van der Waals surface area contributed by atoms with E-state index in [4.69, 9.17) is 0 Å². The quantitative estimate of drug-likeness (QED) is 0.525. The molecule has 0 bridgehead atoms. The van der Waals surface area contributed by atoms with Crippen LogP contribution in [0.3, 0.4) is 0 Å². The maximum absolute atomic E-state index is 11.9. The highest BCUT2D eigenvalue weighted by atomic mass is 16.5. The fourth-order valence-electron chi connectivity index (χ4n) is 1.72. The van der Waals surface area contributed by atoms with Crippen LogP contribution in [0.25, 0.3) is 5.57 Å². The number of benzene rings is 1. The molecule has 1 aromatic rings. The summed E-state index contributed by atoms with van der Waals surface area (Å²) in [5.41, 5.74) is 1.95. The Kier molecular flexibility index (Phi) is 2.48. The number of likely N-dealkylation sites (N-methyl/N-ethyl adjacent to an activating group) is 1. The zero-order chi connectivity index (χ0) is 11.7. The summed E-state index contributed by atoms with van der Waals surface area (Å²) in [6.07, 6.45) is 1.23. The van der Waals surface area contributed by atoms with Crippen molar-refractivity contribution in [1.29, 1.82) is 0 Å². The fraction of sp³-hybridized carbons (Fsp3) is 0.167. The molecule has 0 fully saturated rings. The standard InChI is InChI=1S/C12H11NO3/c1-13-10-6-4-3-5-8(10)9(12(13)15)7-11(14)16-2/h3-7H,1-2H3. The van der Waals surface area contributed by atoms with Crippen molar-refractivity contribution in [1.82, 2.24) is 0 Å². The van der Waals surface area contributed by atoms with Crippen molar-refractivity contribution in [3.63, 3.8) is 0 Å². The molecule has 0 unspecified atom stereocenters. The molecule has 1 amide bonds. The second-order valence-electron chi connectivity index (χ2n) is 3.46. The highest BCUT2D eigenvalue weighted by Crippen LogP contribution is 2.35. The summed E-state index contributed by atoms with van der Waals surface area (Å²) in [7, 11) is 2.97. The van der Waals surface area contributed by atoms with E-state index < -0.39 is 5.97 Å². The molecular weight excluding hydrogens is 206 g/mol. The fourth-order valence-corrected chi connectivity index (χ4v) is 1.72. The SMILES string of the molecule is COC(=O)C=C1C(=O)N(C)c2ccccc21. The number of nitrogens with zero attached hydrogens (tertiary/aromatic N) is 1. The number of carbonyl (C=O) groups is 2. The van der Waals surface area contributed by atoms with Crippen molar-refractivity contribution in [2.45, 2.75) is 0 Å². The minimum atomic E-state index is -0.520. The molecule has 16 heavy (non-hydrogen) atoms. The number of anilines is 1. The Morgan fingerprint density at radius 2 is 2.06 bits per heavy atom. The molecule has 0 saturated carbocycles. The van der Waals surface area contributed by atoms with Crippen molar-refractivity contribution in [2.75, 3.05) is 19.1 Å². The Morgan fingerprint density at radius 1 is 1.38 bits per heavy atom. The van der Waals surface area contributed by atoms with Gasteiger partial charge in [-0.25, -0.2) is 4.79 Å². The van der Waals surface area contributed by atoms with Gasteiger partial charge in [-0.2, -0.15) is 0 Å². The first-order valence-electron chi connectivity index (χ1n) is 4.82. The average molecular weight is 217 g/mol. The molecule has 82 valence electrons. The molecule has 0 aromatic heterocycles. The van der Waals surface area contributed by atoms with E-state index in [2.05, 4.69) is 4.74 Å². The van der Waals surface area contributed by atoms with E-state index >= 15 is 0 Å². The molecule has 0 saturated heterocycles. The van der Waals surface area contributed by atoms with E-state index in [0.717, 1.165) is 11.3 Å². The minimum Gasteiger partial charge on any atom is -0.466 e. The topological polar surface area (TPSA) is 46.6 Å². The van der Waals surface area contributed by atoms with Gasteiger partial charge in [0.15, 0.2) is 0 Å². The molecule has 0 N–H and O–H groups in total. The molecule has 4 heteroatoms. The van der Waals surface area contributed by atoms with E-state index in [1.807, 2.05) is 24.3 Å². The first-order valence-corrected chi connectivity index (χ1v) is 4.82. The van der Waals surface area contributed by atoms with Crippen LogP contribution in [0.5, 0.6) is 0 Å². The number of methoxy groups -OCH3 is 1. The lowest BCUT2D eigenvalue weighted by molar-refractivity contribution is -0.135. The molecule has 0 radical (unpaired) electrons. The molecule has 1 aliphatic rings. The second kappa shape index (κ2) is 3.81. The van der Waals surface area contributed by atoms with E-state index in [1.165, 1.54) is 18.1 Å². The van der Waals surface area contributed by atoms with Crippen molar-refractivity contribution in [3.8, 4) is 0 Å². The largest absolute Gasteiger partial charge is 0.466 e. The van der Waals surface area contributed by atoms with Gasteiger partial charge < -0.3 is 9.64 Å². The van der Waals surface area contributed by atoms with Crippen LogP contribution in [0.1, 0.15) is 5.56 Å². The van der Waals surface area contributed by atoms with Gasteiger partial charge in [-0.1, -0.05) is 18.2 Å². The summed E-state index contributed by atoms with van der Waals surface area (Å²) in [5.74, 6) is -0.708. The molecular formula is C12H11NO3.